The Bertz CT molecular complexity index is 805. The number of hydrogen-bond donors (Lipinski definition) is 1. The number of benzene rings is 2. The summed E-state index contributed by atoms with van der Waals surface area (Å²) in [6.45, 7) is 0.343. The van der Waals surface area contributed by atoms with E-state index in [0.29, 0.717) is 16.1 Å². The molecule has 1 N–H and O–H groups in total. The van der Waals surface area contributed by atoms with E-state index in [-0.39, 0.29) is 37.2 Å². The fourth-order valence-corrected chi connectivity index (χ4v) is 2.79. The topological polar surface area (TPSA) is 66.5 Å². The van der Waals surface area contributed by atoms with Crippen molar-refractivity contribution in [3.05, 3.63) is 70.2 Å². The largest absolute Gasteiger partial charge is 0.354 e. The smallest absolute Gasteiger partial charge is 0.261 e. The molecule has 0 spiro atoms. The minimum absolute atomic E-state index is 0.129. The molecule has 122 valence electrons. The van der Waals surface area contributed by atoms with E-state index in [9.17, 15) is 14.4 Å². The number of carbonyl (C=O) groups excluding carboxylic acids is 3. The van der Waals surface area contributed by atoms with Crippen molar-refractivity contribution in [2.45, 2.75) is 6.42 Å². The van der Waals surface area contributed by atoms with Crippen molar-refractivity contribution in [1.29, 1.82) is 0 Å². The lowest BCUT2D eigenvalue weighted by Gasteiger charge is -2.14. The second kappa shape index (κ2) is 6.84. The first-order valence-electron chi connectivity index (χ1n) is 7.52. The molecule has 2 aromatic carbocycles. The van der Waals surface area contributed by atoms with E-state index in [2.05, 4.69) is 5.32 Å². The van der Waals surface area contributed by atoms with Gasteiger partial charge in [-0.2, -0.15) is 0 Å². The molecule has 0 atom stereocenters. The molecular formula is C18H15ClN2O3. The molecule has 1 aliphatic heterocycles. The highest BCUT2D eigenvalue weighted by molar-refractivity contribution is 6.32. The van der Waals surface area contributed by atoms with E-state index in [1.165, 1.54) is 6.07 Å². The Balaban J connectivity index is 1.55. The van der Waals surface area contributed by atoms with Gasteiger partial charge in [-0.15, -0.1) is 0 Å². The Morgan fingerprint density at radius 2 is 1.71 bits per heavy atom. The van der Waals surface area contributed by atoms with E-state index in [1.807, 2.05) is 30.3 Å². The Hall–Kier alpha value is -2.66. The van der Waals surface area contributed by atoms with E-state index < -0.39 is 0 Å². The quantitative estimate of drug-likeness (QED) is 0.848. The van der Waals surface area contributed by atoms with Crippen molar-refractivity contribution in [3.8, 4) is 0 Å². The average molecular weight is 343 g/mol. The first kappa shape index (κ1) is 16.2. The van der Waals surface area contributed by atoms with Crippen LogP contribution in [0, 0.1) is 0 Å². The summed E-state index contributed by atoms with van der Waals surface area (Å²) >= 11 is 5.87. The zero-order chi connectivity index (χ0) is 17.1. The molecule has 3 amide bonds. The summed E-state index contributed by atoms with van der Waals surface area (Å²) in [6, 6.07) is 14.0. The predicted octanol–water partition coefficient (Wildman–Crippen LogP) is 2.29. The minimum Gasteiger partial charge on any atom is -0.354 e. The maximum absolute atomic E-state index is 12.3. The van der Waals surface area contributed by atoms with E-state index in [1.54, 1.807) is 12.1 Å². The Kier molecular flexibility index (Phi) is 4.62. The minimum atomic E-state index is -0.380. The number of carbonyl (C=O) groups is 3. The lowest BCUT2D eigenvalue weighted by atomic mass is 10.1. The number of rotatable bonds is 5. The molecule has 1 heterocycles. The second-order valence-electron chi connectivity index (χ2n) is 5.46. The SMILES string of the molecule is O=C(Cc1ccccc1)NCCN1C(=O)c2ccc(Cl)cc2C1=O. The van der Waals surface area contributed by atoms with Gasteiger partial charge in [0.1, 0.15) is 0 Å². The third kappa shape index (κ3) is 3.31. The molecular weight excluding hydrogens is 328 g/mol. The van der Waals surface area contributed by atoms with E-state index in [0.717, 1.165) is 10.5 Å². The van der Waals surface area contributed by atoms with Gasteiger partial charge in [-0.25, -0.2) is 0 Å². The lowest BCUT2D eigenvalue weighted by Crippen LogP contribution is -2.38. The Morgan fingerprint density at radius 1 is 1.00 bits per heavy atom. The number of halogens is 1. The van der Waals surface area contributed by atoms with Crippen LogP contribution >= 0.6 is 11.6 Å². The second-order valence-corrected chi connectivity index (χ2v) is 5.90. The maximum atomic E-state index is 12.3. The average Bonchev–Trinajstić information content (AvgIpc) is 2.80. The van der Waals surface area contributed by atoms with Crippen molar-refractivity contribution in [3.63, 3.8) is 0 Å². The van der Waals surface area contributed by atoms with Crippen LogP contribution < -0.4 is 5.32 Å². The standard InChI is InChI=1S/C18H15ClN2O3/c19-13-6-7-14-15(11-13)18(24)21(17(14)23)9-8-20-16(22)10-12-4-2-1-3-5-12/h1-7,11H,8-10H2,(H,20,22). The summed E-state index contributed by atoms with van der Waals surface area (Å²) < 4.78 is 0. The molecule has 24 heavy (non-hydrogen) atoms. The molecule has 0 saturated heterocycles. The van der Waals surface area contributed by atoms with Crippen molar-refractivity contribution in [2.75, 3.05) is 13.1 Å². The molecule has 0 aliphatic carbocycles. The van der Waals surface area contributed by atoms with Gasteiger partial charge < -0.3 is 5.32 Å². The van der Waals surface area contributed by atoms with Crippen molar-refractivity contribution in [1.82, 2.24) is 10.2 Å². The summed E-state index contributed by atoms with van der Waals surface area (Å²) in [5.41, 5.74) is 1.56. The maximum Gasteiger partial charge on any atom is 0.261 e. The molecule has 0 radical (unpaired) electrons. The fraction of sp³-hybridized carbons (Fsp3) is 0.167. The van der Waals surface area contributed by atoms with Crippen LogP contribution in [-0.4, -0.2) is 35.7 Å². The predicted molar refractivity (Wildman–Crippen MR) is 90.0 cm³/mol. The molecule has 2 aromatic rings. The number of nitrogens with zero attached hydrogens (tertiary/aromatic N) is 1. The Morgan fingerprint density at radius 3 is 2.46 bits per heavy atom. The van der Waals surface area contributed by atoms with Crippen LogP contribution in [0.1, 0.15) is 26.3 Å². The number of imide groups is 1. The van der Waals surface area contributed by atoms with Gasteiger partial charge in [-0.1, -0.05) is 41.9 Å². The summed E-state index contributed by atoms with van der Waals surface area (Å²) in [4.78, 5) is 37.5. The van der Waals surface area contributed by atoms with Crippen LogP contribution in [0.25, 0.3) is 0 Å². The summed E-state index contributed by atoms with van der Waals surface area (Å²) in [6.07, 6.45) is 0.262. The van der Waals surface area contributed by atoms with Crippen molar-refractivity contribution in [2.24, 2.45) is 0 Å². The number of fused-ring (bicyclic) bond motifs is 1. The van der Waals surface area contributed by atoms with Gasteiger partial charge in [0.15, 0.2) is 0 Å². The van der Waals surface area contributed by atoms with Crippen LogP contribution in [0.3, 0.4) is 0 Å². The Labute approximate surface area is 144 Å². The molecule has 0 aromatic heterocycles. The van der Waals surface area contributed by atoms with Gasteiger partial charge in [0, 0.05) is 18.1 Å². The van der Waals surface area contributed by atoms with Crippen LogP contribution in [0.15, 0.2) is 48.5 Å². The zero-order valence-electron chi connectivity index (χ0n) is 12.8. The summed E-state index contributed by atoms with van der Waals surface area (Å²) in [5, 5.41) is 3.14. The van der Waals surface area contributed by atoms with E-state index >= 15 is 0 Å². The van der Waals surface area contributed by atoms with Crippen LogP contribution in [-0.2, 0) is 11.2 Å². The molecule has 0 bridgehead atoms. The van der Waals surface area contributed by atoms with Gasteiger partial charge >= 0.3 is 0 Å². The molecule has 0 fully saturated rings. The summed E-state index contributed by atoms with van der Waals surface area (Å²) in [5.74, 6) is -0.889. The van der Waals surface area contributed by atoms with Gasteiger partial charge in [0.2, 0.25) is 5.91 Å². The monoisotopic (exact) mass is 342 g/mol. The van der Waals surface area contributed by atoms with Crippen LogP contribution in [0.2, 0.25) is 5.02 Å². The molecule has 6 heteroatoms. The van der Waals surface area contributed by atoms with Gasteiger partial charge in [-0.05, 0) is 23.8 Å². The zero-order valence-corrected chi connectivity index (χ0v) is 13.5. The number of hydrogen-bond acceptors (Lipinski definition) is 3. The van der Waals surface area contributed by atoms with Gasteiger partial charge in [0.25, 0.3) is 11.8 Å². The van der Waals surface area contributed by atoms with Crippen LogP contribution in [0.5, 0.6) is 0 Å². The van der Waals surface area contributed by atoms with Crippen LogP contribution in [0.4, 0.5) is 0 Å². The fourth-order valence-electron chi connectivity index (χ4n) is 2.62. The molecule has 0 saturated carbocycles. The van der Waals surface area contributed by atoms with Gasteiger partial charge in [-0.3, -0.25) is 19.3 Å². The third-order valence-corrected chi connectivity index (χ3v) is 4.03. The number of nitrogens with one attached hydrogen (secondary N) is 1. The molecule has 1 aliphatic rings. The molecule has 0 unspecified atom stereocenters. The highest BCUT2D eigenvalue weighted by Crippen LogP contribution is 2.25. The lowest BCUT2D eigenvalue weighted by molar-refractivity contribution is -0.120. The molecule has 3 rings (SSSR count). The number of amides is 3. The summed E-state index contributed by atoms with van der Waals surface area (Å²) in [7, 11) is 0. The van der Waals surface area contributed by atoms with Gasteiger partial charge in [0.05, 0.1) is 17.5 Å². The third-order valence-electron chi connectivity index (χ3n) is 3.80. The van der Waals surface area contributed by atoms with Crippen molar-refractivity contribution < 1.29 is 14.4 Å². The first-order chi connectivity index (χ1) is 11.6. The van der Waals surface area contributed by atoms with E-state index in [4.69, 9.17) is 11.6 Å². The highest BCUT2D eigenvalue weighted by Gasteiger charge is 2.35. The van der Waals surface area contributed by atoms with Crippen molar-refractivity contribution >= 4 is 29.3 Å². The first-order valence-corrected chi connectivity index (χ1v) is 7.90. The normalized spacial score (nSPS) is 13.1. The highest BCUT2D eigenvalue weighted by atomic mass is 35.5. The molecule has 5 nitrogen and oxygen atoms in total.